The van der Waals surface area contributed by atoms with Gasteiger partial charge in [0.05, 0.1) is 5.75 Å². The molecule has 2 N–H and O–H groups in total. The zero-order chi connectivity index (χ0) is 15.3. The fraction of sp³-hybridized carbons (Fsp3) is 0.600. The van der Waals surface area contributed by atoms with Crippen LogP contribution in [0.2, 0.25) is 0 Å². The van der Waals surface area contributed by atoms with Crippen molar-refractivity contribution in [1.29, 1.82) is 0 Å². The molecule has 0 heterocycles. The molecule has 0 aliphatic heterocycles. The molecule has 1 aromatic rings. The van der Waals surface area contributed by atoms with Gasteiger partial charge in [0.25, 0.3) is 0 Å². The van der Waals surface area contributed by atoms with E-state index in [1.165, 1.54) is 6.26 Å². The third-order valence-corrected chi connectivity index (χ3v) is 4.48. The Balaban J connectivity index is 2.83. The molecule has 0 saturated carbocycles. The van der Waals surface area contributed by atoms with Gasteiger partial charge in [0.15, 0.2) is 0 Å². The van der Waals surface area contributed by atoms with Crippen LogP contribution in [0.25, 0.3) is 0 Å². The zero-order valence-corrected chi connectivity index (χ0v) is 13.6. The van der Waals surface area contributed by atoms with E-state index < -0.39 is 9.84 Å². The summed E-state index contributed by atoms with van der Waals surface area (Å²) in [7, 11) is -1.01. The fourth-order valence-electron chi connectivity index (χ4n) is 2.53. The molecule has 4 nitrogen and oxygen atoms in total. The van der Waals surface area contributed by atoms with E-state index in [9.17, 15) is 8.42 Å². The maximum Gasteiger partial charge on any atom is 0.148 e. The van der Waals surface area contributed by atoms with Crippen molar-refractivity contribution in [2.75, 3.05) is 25.6 Å². The molecule has 114 valence electrons. The Hall–Kier alpha value is -0.910. The average Bonchev–Trinajstić information content (AvgIpc) is 2.36. The Morgan fingerprint density at radius 3 is 2.20 bits per heavy atom. The van der Waals surface area contributed by atoms with Crippen LogP contribution < -0.4 is 5.73 Å². The fourth-order valence-corrected chi connectivity index (χ4v) is 3.15. The minimum Gasteiger partial charge on any atom is -0.323 e. The van der Waals surface area contributed by atoms with Crippen molar-refractivity contribution in [3.05, 3.63) is 35.9 Å². The van der Waals surface area contributed by atoms with Crippen LogP contribution in [0.15, 0.2) is 30.3 Å². The van der Waals surface area contributed by atoms with E-state index in [4.69, 9.17) is 5.73 Å². The molecule has 1 aromatic carbocycles. The molecule has 0 aliphatic rings. The SMILES string of the molecule is CC(C)C(C(N)c1ccccc1)N(C)CCS(C)(=O)=O. The Morgan fingerprint density at radius 2 is 1.75 bits per heavy atom. The lowest BCUT2D eigenvalue weighted by Gasteiger charge is -2.35. The lowest BCUT2D eigenvalue weighted by molar-refractivity contribution is 0.171. The average molecular weight is 298 g/mol. The van der Waals surface area contributed by atoms with Gasteiger partial charge in [-0.2, -0.15) is 0 Å². The van der Waals surface area contributed by atoms with Crippen LogP contribution in [-0.4, -0.2) is 45.0 Å². The van der Waals surface area contributed by atoms with E-state index in [-0.39, 0.29) is 17.8 Å². The van der Waals surface area contributed by atoms with Crippen LogP contribution in [0.3, 0.4) is 0 Å². The van der Waals surface area contributed by atoms with Crippen molar-refractivity contribution in [2.24, 2.45) is 11.7 Å². The van der Waals surface area contributed by atoms with Gasteiger partial charge in [-0.05, 0) is 18.5 Å². The van der Waals surface area contributed by atoms with Gasteiger partial charge in [-0.15, -0.1) is 0 Å². The minimum atomic E-state index is -2.95. The summed E-state index contributed by atoms with van der Waals surface area (Å²) in [4.78, 5) is 2.06. The monoisotopic (exact) mass is 298 g/mol. The third kappa shape index (κ3) is 5.23. The van der Waals surface area contributed by atoms with E-state index in [1.807, 2.05) is 37.4 Å². The number of likely N-dealkylation sites (N-methyl/N-ethyl adjacent to an activating group) is 1. The van der Waals surface area contributed by atoms with Crippen LogP contribution in [0.1, 0.15) is 25.5 Å². The highest BCUT2D eigenvalue weighted by Gasteiger charge is 2.27. The summed E-state index contributed by atoms with van der Waals surface area (Å²) in [6.45, 7) is 4.73. The van der Waals surface area contributed by atoms with Crippen molar-refractivity contribution in [1.82, 2.24) is 4.90 Å². The van der Waals surface area contributed by atoms with Crippen LogP contribution in [0.4, 0.5) is 0 Å². The van der Waals surface area contributed by atoms with Crippen molar-refractivity contribution in [3.8, 4) is 0 Å². The Kier molecular flexibility index (Phi) is 6.17. The molecule has 1 rings (SSSR count). The lowest BCUT2D eigenvalue weighted by Crippen LogP contribution is -2.45. The standard InChI is InChI=1S/C15H26N2O2S/c1-12(2)15(17(3)10-11-20(4,18)19)14(16)13-8-6-5-7-9-13/h5-9,12,14-15H,10-11,16H2,1-4H3. The number of nitrogens with zero attached hydrogens (tertiary/aromatic N) is 1. The predicted molar refractivity (Wildman–Crippen MR) is 84.3 cm³/mol. The summed E-state index contributed by atoms with van der Waals surface area (Å²) < 4.78 is 22.6. The molecule has 0 fully saturated rings. The highest BCUT2D eigenvalue weighted by atomic mass is 32.2. The highest BCUT2D eigenvalue weighted by molar-refractivity contribution is 7.90. The molecule has 20 heavy (non-hydrogen) atoms. The van der Waals surface area contributed by atoms with Crippen molar-refractivity contribution in [3.63, 3.8) is 0 Å². The summed E-state index contributed by atoms with van der Waals surface area (Å²) in [6.07, 6.45) is 1.27. The maximum atomic E-state index is 11.3. The van der Waals surface area contributed by atoms with E-state index in [0.717, 1.165) is 5.56 Å². The van der Waals surface area contributed by atoms with Gasteiger partial charge >= 0.3 is 0 Å². The van der Waals surface area contributed by atoms with Crippen molar-refractivity contribution in [2.45, 2.75) is 25.9 Å². The molecule has 0 aromatic heterocycles. The van der Waals surface area contributed by atoms with Crippen LogP contribution in [-0.2, 0) is 9.84 Å². The number of hydrogen-bond acceptors (Lipinski definition) is 4. The summed E-state index contributed by atoms with van der Waals surface area (Å²) in [6, 6.07) is 9.94. The Labute approximate surface area is 122 Å². The topological polar surface area (TPSA) is 63.4 Å². The summed E-state index contributed by atoms with van der Waals surface area (Å²) in [5.74, 6) is 0.503. The van der Waals surface area contributed by atoms with E-state index in [0.29, 0.717) is 12.5 Å². The molecule has 2 atom stereocenters. The molecule has 0 aliphatic carbocycles. The second-order valence-corrected chi connectivity index (χ2v) is 8.04. The first-order valence-corrected chi connectivity index (χ1v) is 8.97. The zero-order valence-electron chi connectivity index (χ0n) is 12.8. The lowest BCUT2D eigenvalue weighted by atomic mass is 9.90. The summed E-state index contributed by atoms with van der Waals surface area (Å²) in [5, 5.41) is 0. The molecular formula is C15H26N2O2S. The molecule has 0 saturated heterocycles. The van der Waals surface area contributed by atoms with Gasteiger partial charge in [0.2, 0.25) is 0 Å². The molecule has 0 bridgehead atoms. The maximum absolute atomic E-state index is 11.3. The number of benzene rings is 1. The normalized spacial score (nSPS) is 15.6. The van der Waals surface area contributed by atoms with Gasteiger partial charge < -0.3 is 10.6 Å². The largest absolute Gasteiger partial charge is 0.323 e. The van der Waals surface area contributed by atoms with Crippen LogP contribution in [0.5, 0.6) is 0 Å². The number of sulfone groups is 1. The first-order chi connectivity index (χ1) is 9.22. The second-order valence-electron chi connectivity index (χ2n) is 5.78. The Morgan fingerprint density at radius 1 is 1.20 bits per heavy atom. The second kappa shape index (κ2) is 7.20. The van der Waals surface area contributed by atoms with E-state index >= 15 is 0 Å². The van der Waals surface area contributed by atoms with Gasteiger partial charge in [0, 0.05) is 24.9 Å². The molecule has 0 amide bonds. The highest BCUT2D eigenvalue weighted by Crippen LogP contribution is 2.23. The van der Waals surface area contributed by atoms with Crippen molar-refractivity contribution >= 4 is 9.84 Å². The van der Waals surface area contributed by atoms with Gasteiger partial charge in [-0.1, -0.05) is 44.2 Å². The Bertz CT molecular complexity index is 500. The van der Waals surface area contributed by atoms with Crippen LogP contribution >= 0.6 is 0 Å². The molecule has 5 heteroatoms. The van der Waals surface area contributed by atoms with Gasteiger partial charge in [0.1, 0.15) is 9.84 Å². The van der Waals surface area contributed by atoms with Gasteiger partial charge in [-0.3, -0.25) is 0 Å². The quantitative estimate of drug-likeness (QED) is 0.832. The first kappa shape index (κ1) is 17.1. The van der Waals surface area contributed by atoms with E-state index in [2.05, 4.69) is 18.7 Å². The van der Waals surface area contributed by atoms with Crippen molar-refractivity contribution < 1.29 is 8.42 Å². The molecule has 0 spiro atoms. The molecular weight excluding hydrogens is 272 g/mol. The third-order valence-electron chi connectivity index (χ3n) is 3.56. The molecule has 2 unspecified atom stereocenters. The van der Waals surface area contributed by atoms with E-state index in [1.54, 1.807) is 0 Å². The predicted octanol–water partition coefficient (Wildman–Crippen LogP) is 1.69. The first-order valence-electron chi connectivity index (χ1n) is 6.91. The summed E-state index contributed by atoms with van der Waals surface area (Å²) in [5.41, 5.74) is 7.47. The number of hydrogen-bond donors (Lipinski definition) is 1. The number of nitrogens with two attached hydrogens (primary N) is 1. The number of rotatable bonds is 7. The van der Waals surface area contributed by atoms with Gasteiger partial charge in [-0.25, -0.2) is 8.42 Å². The molecule has 0 radical (unpaired) electrons. The summed E-state index contributed by atoms with van der Waals surface area (Å²) >= 11 is 0. The van der Waals surface area contributed by atoms with Crippen LogP contribution in [0, 0.1) is 5.92 Å². The minimum absolute atomic E-state index is 0.110. The smallest absolute Gasteiger partial charge is 0.148 e.